The van der Waals surface area contributed by atoms with Crippen molar-refractivity contribution in [3.05, 3.63) is 92.9 Å². The Bertz CT molecular complexity index is 1660. The third-order valence-electron chi connectivity index (χ3n) is 9.24. The molecular weight excluding hydrogens is 676 g/mol. The number of piperazine rings is 1. The van der Waals surface area contributed by atoms with Crippen molar-refractivity contribution in [1.29, 1.82) is 0 Å². The molecule has 0 spiro atoms. The van der Waals surface area contributed by atoms with Crippen LogP contribution in [0.25, 0.3) is 0 Å². The second-order valence-electron chi connectivity index (χ2n) is 12.0. The summed E-state index contributed by atoms with van der Waals surface area (Å²) in [7, 11) is -3.94. The predicted octanol–water partition coefficient (Wildman–Crippen LogP) is 5.74. The monoisotopic (exact) mass is 712 g/mol. The number of fused-ring (bicyclic) bond motifs is 1. The van der Waals surface area contributed by atoms with Gasteiger partial charge in [0, 0.05) is 61.7 Å². The molecule has 3 heterocycles. The summed E-state index contributed by atoms with van der Waals surface area (Å²) in [5.41, 5.74) is 3.67. The minimum absolute atomic E-state index is 0.0135. The fraction of sp³-hybridized carbons (Fsp3) is 0.412. The molecule has 0 bridgehead atoms. The summed E-state index contributed by atoms with van der Waals surface area (Å²) in [6.07, 6.45) is 2.17. The zero-order chi connectivity index (χ0) is 31.7. The van der Waals surface area contributed by atoms with Crippen molar-refractivity contribution < 1.29 is 18.0 Å². The van der Waals surface area contributed by atoms with E-state index in [2.05, 4.69) is 45.1 Å². The summed E-state index contributed by atoms with van der Waals surface area (Å²) in [6.45, 7) is 5.30. The Morgan fingerprint density at radius 1 is 0.933 bits per heavy atom. The van der Waals surface area contributed by atoms with Gasteiger partial charge in [-0.05, 0) is 60.2 Å². The molecule has 2 saturated heterocycles. The molecule has 0 aromatic heterocycles. The van der Waals surface area contributed by atoms with Crippen LogP contribution in [-0.2, 0) is 26.0 Å². The summed E-state index contributed by atoms with van der Waals surface area (Å²) < 4.78 is 30.4. The molecule has 0 radical (unpaired) electrons. The second-order valence-corrected chi connectivity index (χ2v) is 15.2. The number of piperidine rings is 1. The van der Waals surface area contributed by atoms with Gasteiger partial charge in [-0.15, -0.1) is 0 Å². The standard InChI is InChI=1S/C34H38BrClN4O4S/c1-2-31(41)40-16-14-26-21-28(35)22-30(33(26)40)45(43,44)39-15-6-9-27(23-39)34(42)38-19-17-37(18-20-38)32(24-7-4-3-5-8-24)25-10-12-29(36)13-11-25/h3-5,7-8,10-13,21-22,27,32H,2,6,9,14-20,23H2,1H3/t27-,32+/m0/s1. The van der Waals surface area contributed by atoms with E-state index >= 15 is 0 Å². The Morgan fingerprint density at radius 2 is 1.62 bits per heavy atom. The minimum Gasteiger partial charge on any atom is -0.340 e. The van der Waals surface area contributed by atoms with Crippen molar-refractivity contribution in [2.45, 2.75) is 43.5 Å². The van der Waals surface area contributed by atoms with E-state index in [9.17, 15) is 18.0 Å². The molecule has 11 heteroatoms. The molecule has 45 heavy (non-hydrogen) atoms. The Morgan fingerprint density at radius 3 is 2.31 bits per heavy atom. The lowest BCUT2D eigenvalue weighted by molar-refractivity contribution is -0.138. The molecule has 2 atom stereocenters. The molecular formula is C34H38BrClN4O4S. The largest absolute Gasteiger partial charge is 0.340 e. The summed E-state index contributed by atoms with van der Waals surface area (Å²) >= 11 is 9.67. The van der Waals surface area contributed by atoms with Gasteiger partial charge in [0.25, 0.3) is 0 Å². The van der Waals surface area contributed by atoms with Gasteiger partial charge < -0.3 is 9.80 Å². The topological polar surface area (TPSA) is 81.2 Å². The van der Waals surface area contributed by atoms with Crippen LogP contribution in [0.3, 0.4) is 0 Å². The van der Waals surface area contributed by atoms with Crippen molar-refractivity contribution in [3.63, 3.8) is 0 Å². The van der Waals surface area contributed by atoms with E-state index in [-0.39, 0.29) is 29.3 Å². The number of carbonyl (C=O) groups is 2. The van der Waals surface area contributed by atoms with Gasteiger partial charge in [0.05, 0.1) is 17.6 Å². The number of benzene rings is 3. The van der Waals surface area contributed by atoms with Crippen LogP contribution < -0.4 is 4.90 Å². The van der Waals surface area contributed by atoms with E-state index in [0.29, 0.717) is 80.1 Å². The SMILES string of the molecule is CCC(=O)N1CCc2cc(Br)cc(S(=O)(=O)N3CCC[C@H](C(=O)N4CCN([C@H](c5ccccc5)c5ccc(Cl)cc5)CC4)C3)c21. The number of nitrogens with zero attached hydrogens (tertiary/aromatic N) is 4. The van der Waals surface area contributed by atoms with Gasteiger partial charge >= 0.3 is 0 Å². The molecule has 238 valence electrons. The van der Waals surface area contributed by atoms with Gasteiger partial charge in [-0.1, -0.05) is 76.9 Å². The average Bonchev–Trinajstić information content (AvgIpc) is 3.49. The molecule has 3 aromatic rings. The molecule has 0 N–H and O–H groups in total. The highest BCUT2D eigenvalue weighted by Crippen LogP contribution is 2.40. The van der Waals surface area contributed by atoms with Crippen LogP contribution in [0.5, 0.6) is 0 Å². The van der Waals surface area contributed by atoms with Crippen LogP contribution in [0.1, 0.15) is 48.9 Å². The lowest BCUT2D eigenvalue weighted by atomic mass is 9.95. The van der Waals surface area contributed by atoms with Crippen molar-refractivity contribution in [2.75, 3.05) is 50.7 Å². The van der Waals surface area contributed by atoms with Crippen LogP contribution in [0.4, 0.5) is 5.69 Å². The van der Waals surface area contributed by atoms with Crippen molar-refractivity contribution in [1.82, 2.24) is 14.1 Å². The molecule has 2 amide bonds. The number of sulfonamides is 1. The normalized spacial score (nSPS) is 20.2. The fourth-order valence-corrected chi connectivity index (χ4v) is 9.53. The molecule has 0 unspecified atom stereocenters. The number of halogens is 2. The number of carbonyl (C=O) groups excluding carboxylic acids is 2. The Kier molecular flexibility index (Phi) is 9.68. The first-order valence-corrected chi connectivity index (χ1v) is 18.2. The van der Waals surface area contributed by atoms with Gasteiger partial charge in [-0.3, -0.25) is 14.5 Å². The maximum Gasteiger partial charge on any atom is 0.245 e. The van der Waals surface area contributed by atoms with Crippen molar-refractivity contribution in [2.24, 2.45) is 5.92 Å². The molecule has 0 aliphatic carbocycles. The molecule has 8 nitrogen and oxygen atoms in total. The van der Waals surface area contributed by atoms with Gasteiger partial charge in [0.2, 0.25) is 21.8 Å². The van der Waals surface area contributed by atoms with Crippen LogP contribution in [0.2, 0.25) is 5.02 Å². The molecule has 0 saturated carbocycles. The molecule has 3 aliphatic rings. The lowest BCUT2D eigenvalue weighted by Crippen LogP contribution is -2.53. The maximum absolute atomic E-state index is 14.1. The van der Waals surface area contributed by atoms with Gasteiger partial charge in [-0.25, -0.2) is 8.42 Å². The number of hydrogen-bond donors (Lipinski definition) is 0. The average molecular weight is 714 g/mol. The second kappa shape index (κ2) is 13.5. The Labute approximate surface area is 279 Å². The first kappa shape index (κ1) is 32.2. The van der Waals surface area contributed by atoms with Gasteiger partial charge in [0.1, 0.15) is 4.90 Å². The first-order valence-electron chi connectivity index (χ1n) is 15.6. The maximum atomic E-state index is 14.1. The highest BCUT2D eigenvalue weighted by Gasteiger charge is 2.40. The van der Waals surface area contributed by atoms with E-state index in [1.54, 1.807) is 17.9 Å². The fourth-order valence-electron chi connectivity index (χ4n) is 6.96. The third-order valence-corrected chi connectivity index (χ3v) is 11.8. The van der Waals surface area contributed by atoms with Crippen LogP contribution >= 0.6 is 27.5 Å². The highest BCUT2D eigenvalue weighted by molar-refractivity contribution is 9.10. The zero-order valence-electron chi connectivity index (χ0n) is 25.4. The van der Waals surface area contributed by atoms with E-state index < -0.39 is 15.9 Å². The number of amides is 2. The third kappa shape index (κ3) is 6.58. The first-order chi connectivity index (χ1) is 21.7. The van der Waals surface area contributed by atoms with E-state index in [1.807, 2.05) is 41.3 Å². The Hall–Kier alpha value is -2.76. The molecule has 2 fully saturated rings. The summed E-state index contributed by atoms with van der Waals surface area (Å²) in [5.74, 6) is -0.488. The zero-order valence-corrected chi connectivity index (χ0v) is 28.5. The van der Waals surface area contributed by atoms with Crippen molar-refractivity contribution >= 4 is 55.1 Å². The Balaban J connectivity index is 1.16. The highest BCUT2D eigenvalue weighted by atomic mass is 79.9. The summed E-state index contributed by atoms with van der Waals surface area (Å²) in [4.78, 5) is 32.6. The van der Waals surface area contributed by atoms with Crippen LogP contribution in [-0.4, -0.2) is 80.2 Å². The van der Waals surface area contributed by atoms with E-state index in [4.69, 9.17) is 11.6 Å². The van der Waals surface area contributed by atoms with Crippen LogP contribution in [0, 0.1) is 5.92 Å². The van der Waals surface area contributed by atoms with Gasteiger partial charge in [0.15, 0.2) is 0 Å². The van der Waals surface area contributed by atoms with Crippen LogP contribution in [0.15, 0.2) is 76.1 Å². The van der Waals surface area contributed by atoms with E-state index in [1.165, 1.54) is 9.87 Å². The quantitative estimate of drug-likeness (QED) is 0.312. The molecule has 3 aromatic carbocycles. The summed E-state index contributed by atoms with van der Waals surface area (Å²) in [6, 6.07) is 21.9. The lowest BCUT2D eigenvalue weighted by Gasteiger charge is -2.41. The van der Waals surface area contributed by atoms with Crippen molar-refractivity contribution in [3.8, 4) is 0 Å². The predicted molar refractivity (Wildman–Crippen MR) is 180 cm³/mol. The van der Waals surface area contributed by atoms with E-state index in [0.717, 1.165) is 11.1 Å². The number of hydrogen-bond acceptors (Lipinski definition) is 5. The summed E-state index contributed by atoms with van der Waals surface area (Å²) in [5, 5.41) is 0.695. The minimum atomic E-state index is -3.94. The smallest absolute Gasteiger partial charge is 0.245 e. The molecule has 6 rings (SSSR count). The van der Waals surface area contributed by atoms with Gasteiger partial charge in [-0.2, -0.15) is 4.31 Å². The molecule has 3 aliphatic heterocycles. The number of rotatable bonds is 7. The number of anilines is 1.